The van der Waals surface area contributed by atoms with Gasteiger partial charge in [0.05, 0.1) is 18.2 Å². The predicted octanol–water partition coefficient (Wildman–Crippen LogP) is 5.46. The molecule has 148 valence electrons. The number of fused-ring (bicyclic) bond motifs is 3. The lowest BCUT2D eigenvalue weighted by Crippen LogP contribution is -2.03. The van der Waals surface area contributed by atoms with E-state index in [1.165, 1.54) is 18.9 Å². The standard InChI is InChI=1S/C20H16N4O2S.C2H6/c1-26-19(25)12-8-9-14-15-11-21-20(27-2)24-17(15)18(23-16(14)10-12)22-13-6-4-3-5-7-13;1-2/h3-11H,1-2H3,(H,22,23);1-2H3. The number of thioether (sulfide) groups is 1. The molecular weight excluding hydrogens is 384 g/mol. The largest absolute Gasteiger partial charge is 0.465 e. The Bertz CT molecular complexity index is 1150. The van der Waals surface area contributed by atoms with Crippen molar-refractivity contribution in [3.05, 3.63) is 60.3 Å². The summed E-state index contributed by atoms with van der Waals surface area (Å²) in [6.07, 6.45) is 3.73. The van der Waals surface area contributed by atoms with Gasteiger partial charge in [0.15, 0.2) is 11.0 Å². The highest BCUT2D eigenvalue weighted by molar-refractivity contribution is 7.98. The normalized spacial score (nSPS) is 10.3. The molecule has 1 N–H and O–H groups in total. The van der Waals surface area contributed by atoms with E-state index in [0.29, 0.717) is 22.1 Å². The fourth-order valence-electron chi connectivity index (χ4n) is 2.86. The number of carbonyl (C=O) groups is 1. The van der Waals surface area contributed by atoms with Crippen LogP contribution in [0.15, 0.2) is 59.9 Å². The molecule has 0 radical (unpaired) electrons. The van der Waals surface area contributed by atoms with Crippen molar-refractivity contribution in [2.45, 2.75) is 19.0 Å². The summed E-state index contributed by atoms with van der Waals surface area (Å²) >= 11 is 1.47. The highest BCUT2D eigenvalue weighted by Crippen LogP contribution is 2.31. The molecule has 0 aliphatic carbocycles. The number of nitrogens with zero attached hydrogens (tertiary/aromatic N) is 3. The van der Waals surface area contributed by atoms with Crippen molar-refractivity contribution in [1.82, 2.24) is 15.0 Å². The molecule has 0 bridgehead atoms. The lowest BCUT2D eigenvalue weighted by molar-refractivity contribution is 0.0601. The lowest BCUT2D eigenvalue weighted by Gasteiger charge is -2.12. The minimum atomic E-state index is -0.398. The number of nitrogens with one attached hydrogen (secondary N) is 1. The van der Waals surface area contributed by atoms with Gasteiger partial charge >= 0.3 is 5.97 Å². The molecule has 0 aliphatic rings. The van der Waals surface area contributed by atoms with Crippen LogP contribution < -0.4 is 5.32 Å². The maximum Gasteiger partial charge on any atom is 0.337 e. The molecule has 6 nitrogen and oxygen atoms in total. The van der Waals surface area contributed by atoms with E-state index in [1.54, 1.807) is 18.3 Å². The molecule has 2 aromatic heterocycles. The highest BCUT2D eigenvalue weighted by atomic mass is 32.2. The van der Waals surface area contributed by atoms with Crippen LogP contribution in [0, 0.1) is 0 Å². The molecule has 0 atom stereocenters. The highest BCUT2D eigenvalue weighted by Gasteiger charge is 2.14. The first-order chi connectivity index (χ1) is 14.2. The monoisotopic (exact) mass is 406 g/mol. The minimum Gasteiger partial charge on any atom is -0.465 e. The van der Waals surface area contributed by atoms with Gasteiger partial charge in [-0.1, -0.05) is 49.9 Å². The second-order valence-corrected chi connectivity index (χ2v) is 6.57. The van der Waals surface area contributed by atoms with E-state index in [0.717, 1.165) is 22.0 Å². The molecule has 0 fully saturated rings. The number of methoxy groups -OCH3 is 1. The van der Waals surface area contributed by atoms with Crippen molar-refractivity contribution in [2.75, 3.05) is 18.7 Å². The van der Waals surface area contributed by atoms with Gasteiger partial charge in [-0.3, -0.25) is 0 Å². The number of pyridine rings is 1. The van der Waals surface area contributed by atoms with Gasteiger partial charge in [0.25, 0.3) is 0 Å². The van der Waals surface area contributed by atoms with Crippen LogP contribution in [0.1, 0.15) is 24.2 Å². The molecule has 7 heteroatoms. The molecule has 0 amide bonds. The quantitative estimate of drug-likeness (QED) is 0.209. The van der Waals surface area contributed by atoms with Crippen molar-refractivity contribution >= 4 is 51.0 Å². The first-order valence-electron chi connectivity index (χ1n) is 9.24. The Morgan fingerprint density at radius 1 is 1.03 bits per heavy atom. The van der Waals surface area contributed by atoms with Gasteiger partial charge in [-0.25, -0.2) is 19.7 Å². The van der Waals surface area contributed by atoms with Crippen LogP contribution in [-0.2, 0) is 4.74 Å². The van der Waals surface area contributed by atoms with E-state index in [4.69, 9.17) is 9.72 Å². The van der Waals surface area contributed by atoms with Gasteiger partial charge in [0.2, 0.25) is 0 Å². The Morgan fingerprint density at radius 3 is 2.48 bits per heavy atom. The molecule has 0 saturated heterocycles. The van der Waals surface area contributed by atoms with Crippen molar-refractivity contribution in [3.8, 4) is 0 Å². The number of para-hydroxylation sites is 1. The average Bonchev–Trinajstić information content (AvgIpc) is 2.80. The Labute approximate surface area is 173 Å². The minimum absolute atomic E-state index is 0.398. The molecule has 0 aliphatic heterocycles. The summed E-state index contributed by atoms with van der Waals surface area (Å²) in [5.74, 6) is 0.216. The Kier molecular flexibility index (Phi) is 6.61. The summed E-state index contributed by atoms with van der Waals surface area (Å²) in [6, 6.07) is 15.1. The Morgan fingerprint density at radius 2 is 1.79 bits per heavy atom. The van der Waals surface area contributed by atoms with Crippen molar-refractivity contribution < 1.29 is 9.53 Å². The number of hydrogen-bond donors (Lipinski definition) is 1. The zero-order valence-corrected chi connectivity index (χ0v) is 17.6. The van der Waals surface area contributed by atoms with Crippen molar-refractivity contribution in [1.29, 1.82) is 0 Å². The fourth-order valence-corrected chi connectivity index (χ4v) is 3.20. The molecule has 4 rings (SSSR count). The van der Waals surface area contributed by atoms with Gasteiger partial charge in [0.1, 0.15) is 5.52 Å². The van der Waals surface area contributed by atoms with E-state index in [9.17, 15) is 4.79 Å². The van der Waals surface area contributed by atoms with E-state index in [-0.39, 0.29) is 0 Å². The molecule has 4 aromatic rings. The second kappa shape index (κ2) is 9.34. The van der Waals surface area contributed by atoms with Gasteiger partial charge in [-0.2, -0.15) is 0 Å². The van der Waals surface area contributed by atoms with Gasteiger partial charge in [0, 0.05) is 22.7 Å². The number of aromatic nitrogens is 3. The third-order valence-electron chi connectivity index (χ3n) is 4.15. The van der Waals surface area contributed by atoms with E-state index >= 15 is 0 Å². The zero-order valence-electron chi connectivity index (χ0n) is 16.8. The molecule has 2 aromatic carbocycles. The summed E-state index contributed by atoms with van der Waals surface area (Å²) in [5, 5.41) is 5.75. The fraction of sp³-hybridized carbons (Fsp3) is 0.182. The number of esters is 1. The number of benzene rings is 2. The summed E-state index contributed by atoms with van der Waals surface area (Å²) in [4.78, 5) is 25.7. The van der Waals surface area contributed by atoms with E-state index < -0.39 is 5.97 Å². The molecule has 2 heterocycles. The van der Waals surface area contributed by atoms with Crippen LogP contribution >= 0.6 is 11.8 Å². The summed E-state index contributed by atoms with van der Waals surface area (Å²) < 4.78 is 4.82. The lowest BCUT2D eigenvalue weighted by atomic mass is 10.1. The first kappa shape index (κ1) is 20.5. The van der Waals surface area contributed by atoms with Gasteiger partial charge in [-0.15, -0.1) is 0 Å². The van der Waals surface area contributed by atoms with Crippen LogP contribution in [0.2, 0.25) is 0 Å². The number of carbonyl (C=O) groups excluding carboxylic acids is 1. The Balaban J connectivity index is 0.00000117. The topological polar surface area (TPSA) is 77.0 Å². The smallest absolute Gasteiger partial charge is 0.337 e. The van der Waals surface area contributed by atoms with Crippen LogP contribution in [0.3, 0.4) is 0 Å². The Hall–Kier alpha value is -3.19. The number of ether oxygens (including phenoxy) is 1. The van der Waals surface area contributed by atoms with Crippen LogP contribution in [0.25, 0.3) is 21.8 Å². The number of anilines is 2. The summed E-state index contributed by atoms with van der Waals surface area (Å²) in [5.41, 5.74) is 2.75. The third-order valence-corrected chi connectivity index (χ3v) is 4.71. The van der Waals surface area contributed by atoms with Crippen LogP contribution in [0.5, 0.6) is 0 Å². The molecule has 0 saturated carbocycles. The first-order valence-corrected chi connectivity index (χ1v) is 10.5. The summed E-state index contributed by atoms with van der Waals surface area (Å²) in [7, 11) is 1.36. The maximum atomic E-state index is 11.9. The van der Waals surface area contributed by atoms with Gasteiger partial charge in [-0.05, 0) is 30.5 Å². The number of rotatable bonds is 4. The van der Waals surface area contributed by atoms with Crippen molar-refractivity contribution in [2.24, 2.45) is 0 Å². The van der Waals surface area contributed by atoms with Crippen LogP contribution in [-0.4, -0.2) is 34.3 Å². The zero-order chi connectivity index (χ0) is 20.8. The third kappa shape index (κ3) is 4.30. The predicted molar refractivity (Wildman–Crippen MR) is 119 cm³/mol. The van der Waals surface area contributed by atoms with Gasteiger partial charge < -0.3 is 10.1 Å². The van der Waals surface area contributed by atoms with Crippen LogP contribution in [0.4, 0.5) is 11.5 Å². The molecule has 0 unspecified atom stereocenters. The SMILES string of the molecule is CC.COC(=O)c1ccc2c(c1)nc(Nc1ccccc1)c1nc(SC)ncc12. The molecule has 0 spiro atoms. The van der Waals surface area contributed by atoms with E-state index in [1.807, 2.05) is 56.5 Å². The molecular formula is C22H22N4O2S. The van der Waals surface area contributed by atoms with E-state index in [2.05, 4.69) is 15.3 Å². The summed E-state index contributed by atoms with van der Waals surface area (Å²) in [6.45, 7) is 4.00. The van der Waals surface area contributed by atoms with Crippen molar-refractivity contribution in [3.63, 3.8) is 0 Å². The second-order valence-electron chi connectivity index (χ2n) is 5.79. The average molecular weight is 407 g/mol. The molecule has 29 heavy (non-hydrogen) atoms. The maximum absolute atomic E-state index is 11.9. The number of hydrogen-bond acceptors (Lipinski definition) is 7.